The maximum Gasteiger partial charge on any atom is 0.298 e. The molecule has 0 saturated carbocycles. The van der Waals surface area contributed by atoms with Crippen molar-refractivity contribution in [3.05, 3.63) is 53.3 Å². The SMILES string of the molecule is Cc1ccc(N/N=C\C=N)c(C(=O)N2CC3CN(c4nc5ccc(F)cc5o4)CC3C2)c1. The Morgan fingerprint density at radius 2 is 2.00 bits per heavy atom. The standard InChI is InChI=1S/C23H23FN6O2/c1-14-2-4-19(28-26-7-6-25)18(8-14)22(31)29-10-15-12-30(13-16(15)11-29)23-27-20-5-3-17(24)9-21(20)32-23/h2-9,15-16,25,28H,10-13H2,1H3/b25-6?,26-7-. The van der Waals surface area contributed by atoms with E-state index >= 15 is 0 Å². The van der Waals surface area contributed by atoms with Gasteiger partial charge in [-0.2, -0.15) is 10.1 Å². The number of fused-ring (bicyclic) bond motifs is 2. The first kappa shape index (κ1) is 20.2. The van der Waals surface area contributed by atoms with Gasteiger partial charge in [-0.1, -0.05) is 11.6 Å². The van der Waals surface area contributed by atoms with Crippen LogP contribution in [0.3, 0.4) is 0 Å². The molecule has 0 spiro atoms. The Labute approximate surface area is 184 Å². The molecular weight excluding hydrogens is 411 g/mol. The molecule has 0 radical (unpaired) electrons. The van der Waals surface area contributed by atoms with Crippen molar-refractivity contribution in [3.8, 4) is 0 Å². The molecule has 3 heterocycles. The summed E-state index contributed by atoms with van der Waals surface area (Å²) in [7, 11) is 0. The number of benzene rings is 2. The van der Waals surface area contributed by atoms with Crippen LogP contribution in [0.15, 0.2) is 45.9 Å². The van der Waals surface area contributed by atoms with Crippen molar-refractivity contribution in [2.24, 2.45) is 16.9 Å². The van der Waals surface area contributed by atoms with E-state index in [4.69, 9.17) is 9.83 Å². The summed E-state index contributed by atoms with van der Waals surface area (Å²) in [6.07, 6.45) is 2.40. The molecule has 0 aliphatic carbocycles. The van der Waals surface area contributed by atoms with Gasteiger partial charge in [0.25, 0.3) is 11.9 Å². The van der Waals surface area contributed by atoms with E-state index in [9.17, 15) is 9.18 Å². The number of carbonyl (C=O) groups is 1. The van der Waals surface area contributed by atoms with Crippen LogP contribution in [-0.4, -0.2) is 54.4 Å². The molecule has 0 bridgehead atoms. The highest BCUT2D eigenvalue weighted by Crippen LogP contribution is 2.36. The lowest BCUT2D eigenvalue weighted by Crippen LogP contribution is -2.33. The maximum absolute atomic E-state index is 13.4. The summed E-state index contributed by atoms with van der Waals surface area (Å²) in [6, 6.07) is 10.5. The van der Waals surface area contributed by atoms with Crippen LogP contribution in [0, 0.1) is 30.0 Å². The molecule has 8 nitrogen and oxygen atoms in total. The van der Waals surface area contributed by atoms with Crippen molar-refractivity contribution in [2.75, 3.05) is 36.5 Å². The van der Waals surface area contributed by atoms with Gasteiger partial charge in [0.1, 0.15) is 11.3 Å². The highest BCUT2D eigenvalue weighted by atomic mass is 19.1. The Morgan fingerprint density at radius 1 is 1.22 bits per heavy atom. The molecule has 2 unspecified atom stereocenters. The van der Waals surface area contributed by atoms with Crippen LogP contribution >= 0.6 is 0 Å². The summed E-state index contributed by atoms with van der Waals surface area (Å²) in [5, 5.41) is 11.0. The van der Waals surface area contributed by atoms with Crippen LogP contribution in [0.4, 0.5) is 16.1 Å². The van der Waals surface area contributed by atoms with Gasteiger partial charge in [-0.3, -0.25) is 10.2 Å². The monoisotopic (exact) mass is 434 g/mol. The quantitative estimate of drug-likeness (QED) is 0.473. The number of rotatable bonds is 5. The van der Waals surface area contributed by atoms with Crippen molar-refractivity contribution >= 4 is 41.1 Å². The predicted molar refractivity (Wildman–Crippen MR) is 121 cm³/mol. The summed E-state index contributed by atoms with van der Waals surface area (Å²) in [4.78, 5) is 21.8. The molecular formula is C23H23FN6O2. The number of hydrogen-bond acceptors (Lipinski definition) is 7. The first-order chi connectivity index (χ1) is 15.5. The van der Waals surface area contributed by atoms with E-state index < -0.39 is 0 Å². The first-order valence-corrected chi connectivity index (χ1v) is 10.5. The zero-order valence-electron chi connectivity index (χ0n) is 17.6. The number of nitrogens with one attached hydrogen (secondary N) is 2. The van der Waals surface area contributed by atoms with Gasteiger partial charge in [-0.05, 0) is 31.2 Å². The number of carbonyl (C=O) groups excluding carboxylic acids is 1. The van der Waals surface area contributed by atoms with Gasteiger partial charge in [0.15, 0.2) is 5.58 Å². The Hall–Kier alpha value is -3.75. The van der Waals surface area contributed by atoms with E-state index in [0.717, 1.165) is 24.9 Å². The zero-order chi connectivity index (χ0) is 22.2. The molecule has 2 atom stereocenters. The number of aromatic nitrogens is 1. The molecule has 164 valence electrons. The first-order valence-electron chi connectivity index (χ1n) is 10.5. The van der Waals surface area contributed by atoms with Crippen molar-refractivity contribution in [2.45, 2.75) is 6.92 Å². The second-order valence-corrected chi connectivity index (χ2v) is 8.35. The third kappa shape index (κ3) is 3.70. The third-order valence-electron chi connectivity index (χ3n) is 6.12. The maximum atomic E-state index is 13.4. The van der Waals surface area contributed by atoms with E-state index in [-0.39, 0.29) is 11.7 Å². The Kier molecular flexibility index (Phi) is 5.08. The molecule has 1 amide bonds. The molecule has 32 heavy (non-hydrogen) atoms. The zero-order valence-corrected chi connectivity index (χ0v) is 17.6. The summed E-state index contributed by atoms with van der Waals surface area (Å²) in [5.41, 5.74) is 6.13. The second-order valence-electron chi connectivity index (χ2n) is 8.35. The number of halogens is 1. The number of anilines is 2. The van der Waals surface area contributed by atoms with Crippen molar-refractivity contribution < 1.29 is 13.6 Å². The van der Waals surface area contributed by atoms with Crippen LogP contribution in [0.2, 0.25) is 0 Å². The fourth-order valence-electron chi connectivity index (χ4n) is 4.58. The summed E-state index contributed by atoms with van der Waals surface area (Å²) >= 11 is 0. The largest absolute Gasteiger partial charge is 0.423 e. The van der Waals surface area contributed by atoms with Gasteiger partial charge in [0, 0.05) is 50.3 Å². The van der Waals surface area contributed by atoms with Gasteiger partial charge in [-0.15, -0.1) is 0 Å². The lowest BCUT2D eigenvalue weighted by atomic mass is 10.0. The topological polar surface area (TPSA) is 97.8 Å². The molecule has 2 aliphatic rings. The normalized spacial score (nSPS) is 20.3. The average Bonchev–Trinajstić information content (AvgIpc) is 3.46. The highest BCUT2D eigenvalue weighted by molar-refractivity contribution is 6.14. The Morgan fingerprint density at radius 3 is 2.75 bits per heavy atom. The summed E-state index contributed by atoms with van der Waals surface area (Å²) in [6.45, 7) is 4.75. The smallest absolute Gasteiger partial charge is 0.298 e. The van der Waals surface area contributed by atoms with Crippen molar-refractivity contribution in [1.82, 2.24) is 9.88 Å². The van der Waals surface area contributed by atoms with Crippen molar-refractivity contribution in [1.29, 1.82) is 5.41 Å². The van der Waals surface area contributed by atoms with Gasteiger partial charge >= 0.3 is 0 Å². The number of aryl methyl sites for hydroxylation is 1. The van der Waals surface area contributed by atoms with Crippen LogP contribution in [0.25, 0.3) is 11.1 Å². The van der Waals surface area contributed by atoms with Gasteiger partial charge in [-0.25, -0.2) is 4.39 Å². The molecule has 2 aromatic carbocycles. The fourth-order valence-corrected chi connectivity index (χ4v) is 4.58. The van der Waals surface area contributed by atoms with E-state index in [2.05, 4.69) is 20.4 Å². The fraction of sp³-hybridized carbons (Fsp3) is 0.304. The minimum absolute atomic E-state index is 0.0282. The summed E-state index contributed by atoms with van der Waals surface area (Å²) in [5.74, 6) is 0.270. The third-order valence-corrected chi connectivity index (χ3v) is 6.12. The van der Waals surface area contributed by atoms with E-state index in [0.29, 0.717) is 53.3 Å². The molecule has 9 heteroatoms. The van der Waals surface area contributed by atoms with Crippen LogP contribution in [0.5, 0.6) is 0 Å². The van der Waals surface area contributed by atoms with E-state index in [1.165, 1.54) is 18.3 Å². The minimum atomic E-state index is -0.346. The predicted octanol–water partition coefficient (Wildman–Crippen LogP) is 3.53. The number of hydrogen-bond donors (Lipinski definition) is 2. The van der Waals surface area contributed by atoms with E-state index in [1.807, 2.05) is 30.0 Å². The van der Waals surface area contributed by atoms with Gasteiger partial charge < -0.3 is 19.6 Å². The van der Waals surface area contributed by atoms with Gasteiger partial charge in [0.05, 0.1) is 17.5 Å². The molecule has 2 saturated heterocycles. The van der Waals surface area contributed by atoms with Crippen molar-refractivity contribution in [3.63, 3.8) is 0 Å². The molecule has 5 rings (SSSR count). The van der Waals surface area contributed by atoms with Crippen LogP contribution < -0.4 is 10.3 Å². The molecule has 1 aromatic heterocycles. The Balaban J connectivity index is 1.29. The number of likely N-dealkylation sites (tertiary alicyclic amines) is 1. The lowest BCUT2D eigenvalue weighted by Gasteiger charge is -2.22. The number of oxazole rings is 1. The number of amides is 1. The number of nitrogens with zero attached hydrogens (tertiary/aromatic N) is 4. The Bertz CT molecular complexity index is 1210. The molecule has 2 aliphatic heterocycles. The molecule has 2 fully saturated rings. The minimum Gasteiger partial charge on any atom is -0.423 e. The molecule has 3 aromatic rings. The summed E-state index contributed by atoms with van der Waals surface area (Å²) < 4.78 is 19.2. The van der Waals surface area contributed by atoms with Crippen LogP contribution in [0.1, 0.15) is 15.9 Å². The average molecular weight is 434 g/mol. The van der Waals surface area contributed by atoms with E-state index in [1.54, 1.807) is 6.07 Å². The lowest BCUT2D eigenvalue weighted by molar-refractivity contribution is 0.0783. The number of hydrazone groups is 1. The van der Waals surface area contributed by atoms with Gasteiger partial charge in [0.2, 0.25) is 0 Å². The molecule has 2 N–H and O–H groups in total. The van der Waals surface area contributed by atoms with Crippen LogP contribution in [-0.2, 0) is 0 Å². The second kappa shape index (κ2) is 8.07. The highest BCUT2D eigenvalue weighted by Gasteiger charge is 2.43.